The second-order valence-electron chi connectivity index (χ2n) is 9.82. The van der Waals surface area contributed by atoms with Crippen LogP contribution in [0.25, 0.3) is 0 Å². The summed E-state index contributed by atoms with van der Waals surface area (Å²) >= 11 is 0. The first kappa shape index (κ1) is 18.7. The molecular formula is C21H30N2O3. The molecule has 1 aromatic rings. The van der Waals surface area contributed by atoms with Crippen LogP contribution in [0.4, 0.5) is 4.79 Å². The van der Waals surface area contributed by atoms with Crippen LogP contribution in [0, 0.1) is 5.92 Å². The molecule has 142 valence electrons. The van der Waals surface area contributed by atoms with Gasteiger partial charge in [-0.2, -0.15) is 0 Å². The van der Waals surface area contributed by atoms with Crippen molar-refractivity contribution >= 4 is 11.8 Å². The highest BCUT2D eigenvalue weighted by Crippen LogP contribution is 2.50. The van der Waals surface area contributed by atoms with Crippen molar-refractivity contribution in [3.8, 4) is 5.75 Å². The Labute approximate surface area is 155 Å². The maximum atomic E-state index is 12.4. The number of fused-ring (bicyclic) bond motifs is 4. The smallest absolute Gasteiger partial charge is 0.318 e. The van der Waals surface area contributed by atoms with Gasteiger partial charge in [0, 0.05) is 11.1 Å². The molecule has 0 aromatic heterocycles. The van der Waals surface area contributed by atoms with Crippen molar-refractivity contribution in [3.63, 3.8) is 0 Å². The van der Waals surface area contributed by atoms with Gasteiger partial charge in [-0.05, 0) is 36.3 Å². The molecule has 26 heavy (non-hydrogen) atoms. The van der Waals surface area contributed by atoms with Crippen molar-refractivity contribution in [3.05, 3.63) is 28.8 Å². The molecule has 5 nitrogen and oxygen atoms in total. The number of ether oxygens (including phenoxy) is 1. The molecule has 2 N–H and O–H groups in total. The lowest BCUT2D eigenvalue weighted by Crippen LogP contribution is -2.69. The van der Waals surface area contributed by atoms with Crippen LogP contribution in [-0.2, 0) is 15.6 Å². The molecule has 1 saturated heterocycles. The molecule has 3 atom stereocenters. The van der Waals surface area contributed by atoms with Crippen LogP contribution in [0.15, 0.2) is 12.1 Å². The molecule has 3 unspecified atom stereocenters. The minimum atomic E-state index is -1.05. The number of Topliss-reactive ketones (excluding diaryl/α,β-unsaturated/α-hetero) is 1. The van der Waals surface area contributed by atoms with Gasteiger partial charge in [-0.15, -0.1) is 0 Å². The number of amides is 2. The van der Waals surface area contributed by atoms with E-state index >= 15 is 0 Å². The third kappa shape index (κ3) is 2.87. The fourth-order valence-corrected chi connectivity index (χ4v) is 4.05. The second kappa shape index (κ2) is 5.48. The molecule has 2 aliphatic rings. The topological polar surface area (TPSA) is 67.4 Å². The Balaban J connectivity index is 2.32. The lowest BCUT2D eigenvalue weighted by Gasteiger charge is -2.50. The first-order chi connectivity index (χ1) is 11.7. The van der Waals surface area contributed by atoms with Gasteiger partial charge in [-0.1, -0.05) is 47.6 Å². The van der Waals surface area contributed by atoms with Crippen LogP contribution in [-0.4, -0.2) is 17.5 Å². The highest BCUT2D eigenvalue weighted by atomic mass is 16.5. The molecule has 0 saturated carbocycles. The maximum absolute atomic E-state index is 12.4. The first-order valence-electron chi connectivity index (χ1n) is 9.21. The van der Waals surface area contributed by atoms with Crippen LogP contribution in [0.1, 0.15) is 78.1 Å². The summed E-state index contributed by atoms with van der Waals surface area (Å²) in [4.78, 5) is 24.6. The highest BCUT2D eigenvalue weighted by molar-refractivity contribution is 5.87. The predicted molar refractivity (Wildman–Crippen MR) is 101 cm³/mol. The van der Waals surface area contributed by atoms with E-state index in [1.54, 1.807) is 13.8 Å². The lowest BCUT2D eigenvalue weighted by molar-refractivity contribution is -0.134. The summed E-state index contributed by atoms with van der Waals surface area (Å²) in [5, 5.41) is 5.79. The number of urea groups is 1. The first-order valence-corrected chi connectivity index (χ1v) is 9.21. The Morgan fingerprint density at radius 1 is 1.12 bits per heavy atom. The number of rotatable bonds is 1. The summed E-state index contributed by atoms with van der Waals surface area (Å²) in [7, 11) is 0. The van der Waals surface area contributed by atoms with Gasteiger partial charge >= 0.3 is 6.03 Å². The van der Waals surface area contributed by atoms with Crippen molar-refractivity contribution in [1.82, 2.24) is 10.6 Å². The molecular weight excluding hydrogens is 328 g/mol. The molecule has 0 aliphatic carbocycles. The van der Waals surface area contributed by atoms with Crippen LogP contribution >= 0.6 is 0 Å². The third-order valence-electron chi connectivity index (χ3n) is 5.45. The van der Waals surface area contributed by atoms with E-state index in [-0.39, 0.29) is 22.6 Å². The number of carbonyl (C=O) groups is 2. The normalized spacial score (nSPS) is 27.8. The van der Waals surface area contributed by atoms with E-state index in [4.69, 9.17) is 4.74 Å². The summed E-state index contributed by atoms with van der Waals surface area (Å²) in [5.41, 5.74) is 1.92. The fraction of sp³-hybridized carbons (Fsp3) is 0.619. The summed E-state index contributed by atoms with van der Waals surface area (Å²) in [5.74, 6) is 0.299. The molecule has 3 rings (SSSR count). The largest absolute Gasteiger partial charge is 0.467 e. The van der Waals surface area contributed by atoms with Gasteiger partial charge in [0.05, 0.1) is 6.04 Å². The monoisotopic (exact) mass is 358 g/mol. The summed E-state index contributed by atoms with van der Waals surface area (Å²) in [6.07, 6.45) is 0. The number of carbonyl (C=O) groups excluding carboxylic acids is 2. The molecule has 0 spiro atoms. The summed E-state index contributed by atoms with van der Waals surface area (Å²) < 4.78 is 6.37. The second-order valence-corrected chi connectivity index (χ2v) is 9.82. The number of nitrogens with one attached hydrogen (secondary N) is 2. The number of benzene rings is 1. The van der Waals surface area contributed by atoms with E-state index in [0.29, 0.717) is 0 Å². The van der Waals surface area contributed by atoms with E-state index in [9.17, 15) is 9.59 Å². The van der Waals surface area contributed by atoms with E-state index in [1.807, 2.05) is 0 Å². The van der Waals surface area contributed by atoms with E-state index in [2.05, 4.69) is 64.3 Å². The molecule has 0 radical (unpaired) electrons. The van der Waals surface area contributed by atoms with Crippen molar-refractivity contribution in [2.75, 3.05) is 0 Å². The highest BCUT2D eigenvalue weighted by Gasteiger charge is 2.55. The van der Waals surface area contributed by atoms with Gasteiger partial charge < -0.3 is 10.1 Å². The van der Waals surface area contributed by atoms with Crippen molar-refractivity contribution < 1.29 is 14.3 Å². The van der Waals surface area contributed by atoms with Crippen molar-refractivity contribution in [1.29, 1.82) is 0 Å². The van der Waals surface area contributed by atoms with Crippen molar-refractivity contribution in [2.24, 2.45) is 5.92 Å². The zero-order valence-corrected chi connectivity index (χ0v) is 17.0. The average molecular weight is 358 g/mol. The molecule has 2 heterocycles. The lowest BCUT2D eigenvalue weighted by atomic mass is 9.73. The van der Waals surface area contributed by atoms with Gasteiger partial charge in [-0.3, -0.25) is 10.1 Å². The molecule has 1 fully saturated rings. The van der Waals surface area contributed by atoms with Crippen LogP contribution in [0.5, 0.6) is 5.75 Å². The van der Waals surface area contributed by atoms with E-state index < -0.39 is 17.7 Å². The average Bonchev–Trinajstić information content (AvgIpc) is 2.42. The fourth-order valence-electron chi connectivity index (χ4n) is 4.05. The summed E-state index contributed by atoms with van der Waals surface area (Å²) in [6, 6.07) is 3.60. The Morgan fingerprint density at radius 2 is 1.73 bits per heavy atom. The van der Waals surface area contributed by atoms with Crippen LogP contribution in [0.3, 0.4) is 0 Å². The van der Waals surface area contributed by atoms with Crippen molar-refractivity contribution in [2.45, 2.75) is 78.0 Å². The minimum absolute atomic E-state index is 0.00544. The van der Waals surface area contributed by atoms with Gasteiger partial charge in [-0.25, -0.2) is 4.79 Å². The Morgan fingerprint density at radius 3 is 2.23 bits per heavy atom. The number of ketones is 1. The van der Waals surface area contributed by atoms with Crippen LogP contribution < -0.4 is 15.4 Å². The van der Waals surface area contributed by atoms with Gasteiger partial charge in [0.15, 0.2) is 5.72 Å². The predicted octanol–water partition coefficient (Wildman–Crippen LogP) is 3.95. The number of hydrogen-bond acceptors (Lipinski definition) is 3. The Hall–Kier alpha value is -2.04. The SMILES string of the molecule is CC(=O)C1C2NC(=O)NC1(C)Oc1c2cc(C(C)(C)C)cc1C(C)(C)C. The summed E-state index contributed by atoms with van der Waals surface area (Å²) in [6.45, 7) is 16.3. The minimum Gasteiger partial charge on any atom is -0.467 e. The molecule has 5 heteroatoms. The third-order valence-corrected chi connectivity index (χ3v) is 5.45. The standard InChI is InChI=1S/C21H30N2O3/c1-11(24)15-16-13-9-12(19(2,3)4)10-14(20(5,6)7)17(13)26-21(15,8)23-18(25)22-16/h9-10,15-16H,1-8H3,(H2,22,23,25). The Kier molecular flexibility index (Phi) is 3.95. The van der Waals surface area contributed by atoms with Crippen LogP contribution in [0.2, 0.25) is 0 Å². The Bertz CT molecular complexity index is 786. The molecule has 2 amide bonds. The van der Waals surface area contributed by atoms with Gasteiger partial charge in [0.25, 0.3) is 0 Å². The molecule has 2 bridgehead atoms. The molecule has 2 aliphatic heterocycles. The van der Waals surface area contributed by atoms with Gasteiger partial charge in [0.2, 0.25) is 0 Å². The molecule has 1 aromatic carbocycles. The number of hydrogen-bond donors (Lipinski definition) is 2. The zero-order chi connectivity index (χ0) is 19.7. The van der Waals surface area contributed by atoms with Gasteiger partial charge in [0.1, 0.15) is 17.5 Å². The van der Waals surface area contributed by atoms with E-state index in [1.165, 1.54) is 5.56 Å². The quantitative estimate of drug-likeness (QED) is 0.799. The van der Waals surface area contributed by atoms with E-state index in [0.717, 1.165) is 16.9 Å². The zero-order valence-electron chi connectivity index (χ0n) is 17.0. The maximum Gasteiger partial charge on any atom is 0.318 e.